The third-order valence-corrected chi connectivity index (χ3v) is 5.99. The van der Waals surface area contributed by atoms with Crippen LogP contribution in [0.3, 0.4) is 0 Å². The van der Waals surface area contributed by atoms with Crippen LogP contribution in [0.2, 0.25) is 0 Å². The second-order valence-corrected chi connectivity index (χ2v) is 8.82. The summed E-state index contributed by atoms with van der Waals surface area (Å²) < 4.78 is 39.7. The average Bonchev–Trinajstić information content (AvgIpc) is 2.75. The molecule has 1 N–H and O–H groups in total. The van der Waals surface area contributed by atoms with E-state index in [1.54, 1.807) is 42.5 Å². The molecule has 0 atom stereocenters. The van der Waals surface area contributed by atoms with Crippen LogP contribution in [-0.4, -0.2) is 31.8 Å². The van der Waals surface area contributed by atoms with Crippen LogP contribution in [-0.2, 0) is 10.0 Å². The van der Waals surface area contributed by atoms with Crippen molar-refractivity contribution in [1.82, 2.24) is 10.2 Å². The van der Waals surface area contributed by atoms with E-state index in [1.165, 1.54) is 0 Å². The fourth-order valence-electron chi connectivity index (χ4n) is 2.99. The molecule has 0 aliphatic heterocycles. The summed E-state index contributed by atoms with van der Waals surface area (Å²) >= 11 is 0. The van der Waals surface area contributed by atoms with Crippen molar-refractivity contribution in [1.29, 1.82) is 0 Å². The Bertz CT molecular complexity index is 1110. The zero-order valence-corrected chi connectivity index (χ0v) is 18.9. The highest BCUT2D eigenvalue weighted by Gasteiger charge is 2.21. The van der Waals surface area contributed by atoms with Crippen molar-refractivity contribution in [2.24, 2.45) is 0 Å². The van der Waals surface area contributed by atoms with Crippen molar-refractivity contribution < 1.29 is 17.9 Å². The first-order chi connectivity index (χ1) is 14.8. The molecule has 0 spiro atoms. The number of hydrogen-bond donors (Lipinski definition) is 1. The minimum Gasteiger partial charge on any atom is -0.492 e. The first kappa shape index (κ1) is 22.6. The summed E-state index contributed by atoms with van der Waals surface area (Å²) in [6, 6.07) is 15.8. The van der Waals surface area contributed by atoms with Crippen LogP contribution < -0.4 is 14.2 Å². The monoisotopic (exact) mass is 441 g/mol. The lowest BCUT2D eigenvalue weighted by Gasteiger charge is -2.15. The van der Waals surface area contributed by atoms with Crippen LogP contribution in [0.25, 0.3) is 11.3 Å². The summed E-state index contributed by atoms with van der Waals surface area (Å²) in [4.78, 5) is 0.127. The first-order valence-corrected chi connectivity index (χ1v) is 11.7. The van der Waals surface area contributed by atoms with Gasteiger partial charge in [-0.15, -0.1) is 10.2 Å². The number of nitrogens with zero attached hydrogens (tertiary/aromatic N) is 2. The standard InChI is InChI=1S/C23H27N3O4S/c1-5-29-21-13-9-18(16(3)4)15-22(21)31(27,28)26-19-10-7-17(8-11-19)20-12-14-23(25-24-20)30-6-2/h7-16,26H,5-6H2,1-4H3. The number of sulfonamides is 1. The molecule has 2 aromatic carbocycles. The number of aromatic nitrogens is 2. The molecular weight excluding hydrogens is 414 g/mol. The van der Waals surface area contributed by atoms with Gasteiger partial charge in [0, 0.05) is 17.3 Å². The highest BCUT2D eigenvalue weighted by atomic mass is 32.2. The third-order valence-electron chi connectivity index (χ3n) is 4.59. The molecule has 31 heavy (non-hydrogen) atoms. The lowest BCUT2D eigenvalue weighted by atomic mass is 10.0. The molecule has 0 saturated heterocycles. The Morgan fingerprint density at radius 2 is 1.61 bits per heavy atom. The average molecular weight is 442 g/mol. The number of rotatable bonds is 9. The SMILES string of the molecule is CCOc1ccc(-c2ccc(NS(=O)(=O)c3cc(C(C)C)ccc3OCC)cc2)nn1. The molecule has 3 aromatic rings. The smallest absolute Gasteiger partial charge is 0.265 e. The number of anilines is 1. The van der Waals surface area contributed by atoms with E-state index >= 15 is 0 Å². The lowest BCUT2D eigenvalue weighted by Crippen LogP contribution is -2.15. The van der Waals surface area contributed by atoms with Crippen LogP contribution in [0.4, 0.5) is 5.69 Å². The maximum Gasteiger partial charge on any atom is 0.265 e. The molecule has 0 saturated carbocycles. The van der Waals surface area contributed by atoms with E-state index in [0.717, 1.165) is 11.1 Å². The third kappa shape index (κ3) is 5.52. The van der Waals surface area contributed by atoms with E-state index in [0.29, 0.717) is 36.2 Å². The van der Waals surface area contributed by atoms with E-state index in [-0.39, 0.29) is 10.8 Å². The number of nitrogens with one attached hydrogen (secondary N) is 1. The van der Waals surface area contributed by atoms with E-state index in [2.05, 4.69) is 14.9 Å². The van der Waals surface area contributed by atoms with Gasteiger partial charge in [-0.3, -0.25) is 4.72 Å². The van der Waals surface area contributed by atoms with Gasteiger partial charge in [-0.1, -0.05) is 32.0 Å². The molecule has 0 aliphatic carbocycles. The molecule has 0 amide bonds. The lowest BCUT2D eigenvalue weighted by molar-refractivity contribution is 0.323. The van der Waals surface area contributed by atoms with Crippen LogP contribution in [0.15, 0.2) is 59.5 Å². The number of benzene rings is 2. The Balaban J connectivity index is 1.84. The highest BCUT2D eigenvalue weighted by Crippen LogP contribution is 2.30. The van der Waals surface area contributed by atoms with E-state index in [1.807, 2.05) is 39.8 Å². The molecule has 0 radical (unpaired) electrons. The van der Waals surface area contributed by atoms with Gasteiger partial charge in [0.1, 0.15) is 10.6 Å². The van der Waals surface area contributed by atoms with Gasteiger partial charge in [0.25, 0.3) is 10.0 Å². The molecule has 8 heteroatoms. The fourth-order valence-corrected chi connectivity index (χ4v) is 4.23. The Morgan fingerprint density at radius 1 is 0.903 bits per heavy atom. The zero-order chi connectivity index (χ0) is 22.4. The predicted molar refractivity (Wildman–Crippen MR) is 121 cm³/mol. The molecule has 1 heterocycles. The molecule has 164 valence electrons. The Morgan fingerprint density at radius 3 is 2.19 bits per heavy atom. The summed E-state index contributed by atoms with van der Waals surface area (Å²) in [5.74, 6) is 0.990. The van der Waals surface area contributed by atoms with Crippen LogP contribution in [0, 0.1) is 0 Å². The highest BCUT2D eigenvalue weighted by molar-refractivity contribution is 7.92. The molecule has 0 unspecified atom stereocenters. The molecule has 1 aromatic heterocycles. The number of ether oxygens (including phenoxy) is 2. The van der Waals surface area contributed by atoms with Crippen molar-refractivity contribution >= 4 is 15.7 Å². The molecule has 0 fully saturated rings. The minimum atomic E-state index is -3.83. The summed E-state index contributed by atoms with van der Waals surface area (Å²) in [5, 5.41) is 8.17. The summed E-state index contributed by atoms with van der Waals surface area (Å²) in [7, 11) is -3.83. The minimum absolute atomic E-state index is 0.127. The van der Waals surface area contributed by atoms with Crippen LogP contribution in [0.1, 0.15) is 39.2 Å². The summed E-state index contributed by atoms with van der Waals surface area (Å²) in [6.07, 6.45) is 0. The van der Waals surface area contributed by atoms with E-state index in [9.17, 15) is 8.42 Å². The second-order valence-electron chi connectivity index (χ2n) is 7.17. The van der Waals surface area contributed by atoms with Crippen molar-refractivity contribution in [3.63, 3.8) is 0 Å². The topological polar surface area (TPSA) is 90.4 Å². The maximum atomic E-state index is 13.1. The van der Waals surface area contributed by atoms with E-state index < -0.39 is 10.0 Å². The zero-order valence-electron chi connectivity index (χ0n) is 18.1. The van der Waals surface area contributed by atoms with Gasteiger partial charge in [-0.05, 0) is 55.7 Å². The van der Waals surface area contributed by atoms with Gasteiger partial charge in [-0.2, -0.15) is 0 Å². The molecule has 0 aliphatic rings. The molecular formula is C23H27N3O4S. The molecule has 7 nitrogen and oxygen atoms in total. The fraction of sp³-hybridized carbons (Fsp3) is 0.304. The van der Waals surface area contributed by atoms with E-state index in [4.69, 9.17) is 9.47 Å². The van der Waals surface area contributed by atoms with Crippen LogP contribution >= 0.6 is 0 Å². The summed E-state index contributed by atoms with van der Waals surface area (Å²) in [5.41, 5.74) is 2.85. The Kier molecular flexibility index (Phi) is 7.12. The van der Waals surface area contributed by atoms with Crippen molar-refractivity contribution in [2.75, 3.05) is 17.9 Å². The second kappa shape index (κ2) is 9.78. The quantitative estimate of drug-likeness (QED) is 0.510. The Labute approximate surface area is 183 Å². The number of hydrogen-bond acceptors (Lipinski definition) is 6. The van der Waals surface area contributed by atoms with Gasteiger partial charge in [0.2, 0.25) is 5.88 Å². The summed E-state index contributed by atoms with van der Waals surface area (Å²) in [6.45, 7) is 8.63. The van der Waals surface area contributed by atoms with Gasteiger partial charge in [-0.25, -0.2) is 8.42 Å². The molecule has 3 rings (SSSR count). The van der Waals surface area contributed by atoms with Crippen molar-refractivity contribution in [3.8, 4) is 22.9 Å². The van der Waals surface area contributed by atoms with Gasteiger partial charge in [0.05, 0.1) is 18.9 Å². The first-order valence-electron chi connectivity index (χ1n) is 10.2. The molecule has 0 bridgehead atoms. The largest absolute Gasteiger partial charge is 0.492 e. The van der Waals surface area contributed by atoms with Crippen molar-refractivity contribution in [3.05, 3.63) is 60.2 Å². The van der Waals surface area contributed by atoms with Gasteiger partial charge >= 0.3 is 0 Å². The van der Waals surface area contributed by atoms with Crippen molar-refractivity contribution in [2.45, 2.75) is 38.5 Å². The van der Waals surface area contributed by atoms with Crippen LogP contribution in [0.5, 0.6) is 11.6 Å². The Hall–Kier alpha value is -3.13. The normalized spacial score (nSPS) is 11.4. The predicted octanol–water partition coefficient (Wildman–Crippen LogP) is 4.87. The van der Waals surface area contributed by atoms with Gasteiger partial charge in [0.15, 0.2) is 0 Å². The van der Waals surface area contributed by atoms with Gasteiger partial charge < -0.3 is 9.47 Å². The maximum absolute atomic E-state index is 13.1.